The number of pyridine rings is 1. The summed E-state index contributed by atoms with van der Waals surface area (Å²) in [5.41, 5.74) is 2.82. The second-order valence-electron chi connectivity index (χ2n) is 6.36. The smallest absolute Gasteiger partial charge is 0.252 e. The second kappa shape index (κ2) is 7.40. The van der Waals surface area contributed by atoms with E-state index in [-0.39, 0.29) is 5.91 Å². The lowest BCUT2D eigenvalue weighted by Gasteiger charge is -2.19. The third-order valence-corrected chi connectivity index (χ3v) is 4.22. The normalized spacial score (nSPS) is 11.0. The molecule has 3 aromatic rings. The lowest BCUT2D eigenvalue weighted by atomic mass is 10.2. The van der Waals surface area contributed by atoms with Crippen molar-refractivity contribution >= 4 is 22.9 Å². The fourth-order valence-electron chi connectivity index (χ4n) is 2.77. The number of nitrogens with zero attached hydrogens (tertiary/aromatic N) is 3. The van der Waals surface area contributed by atoms with Crippen LogP contribution in [0.2, 0.25) is 0 Å². The van der Waals surface area contributed by atoms with E-state index in [4.69, 9.17) is 0 Å². The number of rotatable bonds is 6. The van der Waals surface area contributed by atoms with Gasteiger partial charge < -0.3 is 19.5 Å². The molecule has 5 nitrogen and oxygen atoms in total. The number of amides is 1. The van der Waals surface area contributed by atoms with Crippen molar-refractivity contribution in [3.8, 4) is 0 Å². The SMILES string of the molecule is CN(C)CCNC(=O)c1ccc2ccc(N(C)c3ccccc3)n2c1. The van der Waals surface area contributed by atoms with Crippen molar-refractivity contribution < 1.29 is 4.79 Å². The molecule has 0 atom stereocenters. The Morgan fingerprint density at radius 1 is 1.00 bits per heavy atom. The number of carbonyl (C=O) groups is 1. The second-order valence-corrected chi connectivity index (χ2v) is 6.36. The minimum absolute atomic E-state index is 0.0502. The van der Waals surface area contributed by atoms with Gasteiger partial charge in [0.15, 0.2) is 0 Å². The topological polar surface area (TPSA) is 40.0 Å². The van der Waals surface area contributed by atoms with E-state index in [1.54, 1.807) is 0 Å². The number of anilines is 2. The molecule has 0 radical (unpaired) electrons. The molecule has 0 aliphatic carbocycles. The fraction of sp³-hybridized carbons (Fsp3) is 0.250. The molecule has 0 fully saturated rings. The lowest BCUT2D eigenvalue weighted by Crippen LogP contribution is -2.31. The number of aromatic nitrogens is 1. The van der Waals surface area contributed by atoms with Gasteiger partial charge in [0.2, 0.25) is 0 Å². The molecule has 1 aromatic carbocycles. The standard InChI is InChI=1S/C20H24N4O/c1-22(2)14-13-21-20(25)16-9-10-18-11-12-19(24(18)15-16)23(3)17-7-5-4-6-8-17/h4-12,15H,13-14H2,1-3H3,(H,21,25). The van der Waals surface area contributed by atoms with E-state index in [1.165, 1.54) is 0 Å². The zero-order chi connectivity index (χ0) is 17.8. The Hall–Kier alpha value is -2.79. The van der Waals surface area contributed by atoms with Crippen molar-refractivity contribution in [2.45, 2.75) is 0 Å². The van der Waals surface area contributed by atoms with Gasteiger partial charge in [-0.3, -0.25) is 4.79 Å². The molecule has 0 spiro atoms. The minimum Gasteiger partial charge on any atom is -0.351 e. The molecule has 0 unspecified atom stereocenters. The Morgan fingerprint density at radius 2 is 1.72 bits per heavy atom. The van der Waals surface area contributed by atoms with Crippen LogP contribution in [0.25, 0.3) is 5.52 Å². The molecule has 0 aliphatic heterocycles. The summed E-state index contributed by atoms with van der Waals surface area (Å²) in [5, 5.41) is 2.96. The van der Waals surface area contributed by atoms with Crippen LogP contribution >= 0.6 is 0 Å². The van der Waals surface area contributed by atoms with Gasteiger partial charge in [0, 0.05) is 37.5 Å². The van der Waals surface area contributed by atoms with Gasteiger partial charge in [0.05, 0.1) is 5.56 Å². The van der Waals surface area contributed by atoms with Gasteiger partial charge in [-0.15, -0.1) is 0 Å². The Balaban J connectivity index is 1.86. The van der Waals surface area contributed by atoms with Gasteiger partial charge >= 0.3 is 0 Å². The molecule has 1 amide bonds. The zero-order valence-corrected chi connectivity index (χ0v) is 14.9. The Kier molecular flexibility index (Phi) is 5.05. The van der Waals surface area contributed by atoms with E-state index in [0.29, 0.717) is 12.1 Å². The molecule has 1 N–H and O–H groups in total. The summed E-state index contributed by atoms with van der Waals surface area (Å²) in [4.78, 5) is 16.5. The zero-order valence-electron chi connectivity index (χ0n) is 14.9. The van der Waals surface area contributed by atoms with Gasteiger partial charge in [-0.2, -0.15) is 0 Å². The quantitative estimate of drug-likeness (QED) is 0.752. The Morgan fingerprint density at radius 3 is 2.44 bits per heavy atom. The third-order valence-electron chi connectivity index (χ3n) is 4.22. The van der Waals surface area contributed by atoms with E-state index in [2.05, 4.69) is 34.5 Å². The molecule has 0 bridgehead atoms. The average Bonchev–Trinajstić information content (AvgIpc) is 3.04. The summed E-state index contributed by atoms with van der Waals surface area (Å²) in [6, 6.07) is 18.1. The highest BCUT2D eigenvalue weighted by Gasteiger charge is 2.11. The van der Waals surface area contributed by atoms with Gasteiger partial charge in [-0.25, -0.2) is 0 Å². The Labute approximate surface area is 148 Å². The highest BCUT2D eigenvalue weighted by atomic mass is 16.1. The van der Waals surface area contributed by atoms with Crippen LogP contribution in [-0.4, -0.2) is 49.4 Å². The summed E-state index contributed by atoms with van der Waals surface area (Å²) in [5.74, 6) is 0.968. The molecule has 0 saturated heterocycles. The number of hydrogen-bond acceptors (Lipinski definition) is 3. The highest BCUT2D eigenvalue weighted by Crippen LogP contribution is 2.26. The van der Waals surface area contributed by atoms with Crippen molar-refractivity contribution in [1.82, 2.24) is 14.6 Å². The summed E-state index contributed by atoms with van der Waals surface area (Å²) >= 11 is 0. The van der Waals surface area contributed by atoms with Crippen LogP contribution < -0.4 is 10.2 Å². The highest BCUT2D eigenvalue weighted by molar-refractivity contribution is 5.94. The van der Waals surface area contributed by atoms with Crippen molar-refractivity contribution in [3.63, 3.8) is 0 Å². The average molecular weight is 336 g/mol. The molecule has 2 aromatic heterocycles. The largest absolute Gasteiger partial charge is 0.351 e. The predicted molar refractivity (Wildman–Crippen MR) is 103 cm³/mol. The predicted octanol–water partition coefficient (Wildman–Crippen LogP) is 3.00. The van der Waals surface area contributed by atoms with Crippen molar-refractivity contribution in [3.05, 3.63) is 66.4 Å². The number of fused-ring (bicyclic) bond motifs is 1. The summed E-state index contributed by atoms with van der Waals surface area (Å²) in [6.45, 7) is 1.45. The van der Waals surface area contributed by atoms with Crippen LogP contribution in [0.5, 0.6) is 0 Å². The maximum absolute atomic E-state index is 12.4. The van der Waals surface area contributed by atoms with Crippen molar-refractivity contribution in [2.24, 2.45) is 0 Å². The summed E-state index contributed by atoms with van der Waals surface area (Å²) in [7, 11) is 6.01. The van der Waals surface area contributed by atoms with Gasteiger partial charge in [0.1, 0.15) is 5.82 Å². The maximum Gasteiger partial charge on any atom is 0.252 e. The van der Waals surface area contributed by atoms with Gasteiger partial charge in [-0.1, -0.05) is 18.2 Å². The molecular weight excluding hydrogens is 312 g/mol. The first-order chi connectivity index (χ1) is 12.1. The molecular formula is C20H24N4O. The first-order valence-electron chi connectivity index (χ1n) is 8.39. The van der Waals surface area contributed by atoms with E-state index >= 15 is 0 Å². The lowest BCUT2D eigenvalue weighted by molar-refractivity contribution is 0.0950. The number of hydrogen-bond donors (Lipinski definition) is 1. The van der Waals surface area contributed by atoms with E-state index in [0.717, 1.165) is 23.6 Å². The first-order valence-corrected chi connectivity index (χ1v) is 8.39. The molecule has 130 valence electrons. The molecule has 0 aliphatic rings. The summed E-state index contributed by atoms with van der Waals surface area (Å²) < 4.78 is 2.05. The molecule has 0 saturated carbocycles. The fourth-order valence-corrected chi connectivity index (χ4v) is 2.77. The van der Waals surface area contributed by atoms with Crippen LogP contribution in [0.15, 0.2) is 60.8 Å². The van der Waals surface area contributed by atoms with E-state index in [9.17, 15) is 4.79 Å². The summed E-state index contributed by atoms with van der Waals surface area (Å²) in [6.07, 6.45) is 1.90. The van der Waals surface area contributed by atoms with Crippen molar-refractivity contribution in [1.29, 1.82) is 0 Å². The minimum atomic E-state index is -0.0502. The van der Waals surface area contributed by atoms with Gasteiger partial charge in [0.25, 0.3) is 5.91 Å². The van der Waals surface area contributed by atoms with Crippen molar-refractivity contribution in [2.75, 3.05) is 39.1 Å². The molecule has 25 heavy (non-hydrogen) atoms. The number of likely N-dealkylation sites (N-methyl/N-ethyl adjacent to an activating group) is 1. The van der Waals surface area contributed by atoms with Crippen LogP contribution in [-0.2, 0) is 0 Å². The van der Waals surface area contributed by atoms with Crippen LogP contribution in [0.1, 0.15) is 10.4 Å². The first kappa shape index (κ1) is 17.0. The van der Waals surface area contributed by atoms with Crippen LogP contribution in [0, 0.1) is 0 Å². The number of nitrogens with one attached hydrogen (secondary N) is 1. The molecule has 5 heteroatoms. The molecule has 2 heterocycles. The monoisotopic (exact) mass is 336 g/mol. The van der Waals surface area contributed by atoms with Crippen LogP contribution in [0.4, 0.5) is 11.5 Å². The van der Waals surface area contributed by atoms with Crippen LogP contribution in [0.3, 0.4) is 0 Å². The number of benzene rings is 1. The maximum atomic E-state index is 12.4. The van der Waals surface area contributed by atoms with E-state index in [1.807, 2.05) is 67.0 Å². The third kappa shape index (κ3) is 3.83. The molecule has 3 rings (SSSR count). The van der Waals surface area contributed by atoms with E-state index < -0.39 is 0 Å². The Bertz CT molecular complexity index is 855. The number of para-hydroxylation sites is 1. The number of carbonyl (C=O) groups excluding carboxylic acids is 1. The van der Waals surface area contributed by atoms with Gasteiger partial charge in [-0.05, 0) is 50.5 Å².